The van der Waals surface area contributed by atoms with E-state index in [9.17, 15) is 4.79 Å². The first kappa shape index (κ1) is 14.9. The van der Waals surface area contributed by atoms with Gasteiger partial charge in [0, 0.05) is 18.3 Å². The van der Waals surface area contributed by atoms with Crippen LogP contribution in [0.15, 0.2) is 29.3 Å². The maximum atomic E-state index is 12.2. The molecule has 0 bridgehead atoms. The van der Waals surface area contributed by atoms with E-state index in [0.29, 0.717) is 12.4 Å². The lowest BCUT2D eigenvalue weighted by Crippen LogP contribution is -2.25. The molecule has 2 aromatic rings. The number of hydrogen-bond donors (Lipinski definition) is 1. The topological polar surface area (TPSA) is 69.0 Å². The molecule has 2 aromatic heterocycles. The van der Waals surface area contributed by atoms with Crippen LogP contribution in [0.25, 0.3) is 0 Å². The average molecular weight is 305 g/mol. The summed E-state index contributed by atoms with van der Waals surface area (Å²) in [6.07, 6.45) is 8.20. The number of anilines is 1. The van der Waals surface area contributed by atoms with Crippen LogP contribution in [-0.4, -0.2) is 21.9 Å². The minimum Gasteiger partial charge on any atom is -0.481 e. The number of rotatable bonds is 5. The van der Waals surface area contributed by atoms with Crippen LogP contribution in [0.5, 0.6) is 5.88 Å². The number of terminal acetylenes is 1. The van der Waals surface area contributed by atoms with Crippen LogP contribution < -0.4 is 15.6 Å². The number of pyridine rings is 1. The van der Waals surface area contributed by atoms with Crippen LogP contribution in [0.1, 0.15) is 5.56 Å². The number of halogens is 1. The van der Waals surface area contributed by atoms with Crippen LogP contribution in [0.4, 0.5) is 5.69 Å². The van der Waals surface area contributed by atoms with Crippen LogP contribution >= 0.6 is 11.6 Å². The van der Waals surface area contributed by atoms with Gasteiger partial charge in [0.2, 0.25) is 5.88 Å². The van der Waals surface area contributed by atoms with E-state index >= 15 is 0 Å². The molecule has 6 nitrogen and oxygen atoms in total. The highest BCUT2D eigenvalue weighted by atomic mass is 35.5. The highest BCUT2D eigenvalue weighted by Gasteiger charge is 2.10. The van der Waals surface area contributed by atoms with E-state index in [1.54, 1.807) is 12.3 Å². The predicted molar refractivity (Wildman–Crippen MR) is 80.5 cm³/mol. The summed E-state index contributed by atoms with van der Waals surface area (Å²) in [6, 6.07) is 3.62. The number of methoxy groups -OCH3 is 1. The maximum absolute atomic E-state index is 12.2. The Hall–Kier alpha value is -2.52. The monoisotopic (exact) mass is 304 g/mol. The van der Waals surface area contributed by atoms with Crippen LogP contribution in [0.3, 0.4) is 0 Å². The summed E-state index contributed by atoms with van der Waals surface area (Å²) in [4.78, 5) is 16.3. The summed E-state index contributed by atoms with van der Waals surface area (Å²) in [5.41, 5.74) is 0.673. The molecule has 0 unspecified atom stereocenters. The van der Waals surface area contributed by atoms with Gasteiger partial charge in [-0.3, -0.25) is 4.79 Å². The Morgan fingerprint density at radius 2 is 2.38 bits per heavy atom. The van der Waals surface area contributed by atoms with Gasteiger partial charge in [0.15, 0.2) is 0 Å². The number of nitrogens with one attached hydrogen (secondary N) is 1. The van der Waals surface area contributed by atoms with E-state index in [0.717, 1.165) is 10.2 Å². The largest absolute Gasteiger partial charge is 0.481 e. The van der Waals surface area contributed by atoms with Crippen molar-refractivity contribution >= 4 is 17.3 Å². The third-order valence-electron chi connectivity index (χ3n) is 2.74. The smallest absolute Gasteiger partial charge is 0.292 e. The van der Waals surface area contributed by atoms with Crippen LogP contribution in [0.2, 0.25) is 5.02 Å². The molecule has 7 heteroatoms. The Labute approximate surface area is 126 Å². The summed E-state index contributed by atoms with van der Waals surface area (Å²) >= 11 is 6.00. The Kier molecular flexibility index (Phi) is 4.80. The third kappa shape index (κ3) is 3.33. The fraction of sp³-hybridized carbons (Fsp3) is 0.214. The number of hydrogen-bond acceptors (Lipinski definition) is 5. The van der Waals surface area contributed by atoms with E-state index in [2.05, 4.69) is 21.3 Å². The number of nitrogens with zero attached hydrogens (tertiary/aromatic N) is 3. The fourth-order valence-corrected chi connectivity index (χ4v) is 1.95. The molecule has 2 heterocycles. The van der Waals surface area contributed by atoms with Crippen molar-refractivity contribution in [3.05, 3.63) is 45.5 Å². The predicted octanol–water partition coefficient (Wildman–Crippen LogP) is 1.55. The molecular formula is C14H13ClN4O2. The summed E-state index contributed by atoms with van der Waals surface area (Å²) in [6.45, 7) is 0.424. The normalized spacial score (nSPS) is 9.95. The average Bonchev–Trinajstić information content (AvgIpc) is 2.50. The molecule has 0 saturated heterocycles. The van der Waals surface area contributed by atoms with Gasteiger partial charge >= 0.3 is 0 Å². The lowest BCUT2D eigenvalue weighted by molar-refractivity contribution is 0.393. The first-order valence-corrected chi connectivity index (χ1v) is 6.46. The second-order valence-electron chi connectivity index (χ2n) is 4.06. The quantitative estimate of drug-likeness (QED) is 0.849. The van der Waals surface area contributed by atoms with Crippen molar-refractivity contribution in [3.8, 4) is 18.2 Å². The molecule has 0 spiro atoms. The molecule has 2 rings (SSSR count). The van der Waals surface area contributed by atoms with E-state index in [-0.39, 0.29) is 22.8 Å². The Morgan fingerprint density at radius 1 is 1.57 bits per heavy atom. The van der Waals surface area contributed by atoms with Gasteiger partial charge in [-0.1, -0.05) is 23.6 Å². The molecule has 21 heavy (non-hydrogen) atoms. The molecule has 0 aliphatic heterocycles. The van der Waals surface area contributed by atoms with Crippen LogP contribution in [0, 0.1) is 12.3 Å². The Bertz CT molecular complexity index is 736. The molecule has 0 amide bonds. The molecular weight excluding hydrogens is 292 g/mol. The molecule has 0 atom stereocenters. The van der Waals surface area contributed by atoms with E-state index < -0.39 is 0 Å². The number of aromatic nitrogens is 3. The summed E-state index contributed by atoms with van der Waals surface area (Å²) in [5, 5.41) is 7.08. The minimum atomic E-state index is -0.372. The molecule has 0 saturated carbocycles. The summed E-state index contributed by atoms with van der Waals surface area (Å²) in [5.74, 6) is 2.85. The lowest BCUT2D eigenvalue weighted by Gasteiger charge is -2.11. The van der Waals surface area contributed by atoms with Crippen molar-refractivity contribution in [1.29, 1.82) is 0 Å². The van der Waals surface area contributed by atoms with Gasteiger partial charge < -0.3 is 10.1 Å². The van der Waals surface area contributed by atoms with Gasteiger partial charge in [-0.15, -0.1) is 6.42 Å². The van der Waals surface area contributed by atoms with E-state index in [4.69, 9.17) is 22.8 Å². The van der Waals surface area contributed by atoms with E-state index in [1.165, 1.54) is 13.3 Å². The third-order valence-corrected chi connectivity index (χ3v) is 3.02. The molecule has 0 aliphatic rings. The van der Waals surface area contributed by atoms with Crippen molar-refractivity contribution in [2.75, 3.05) is 12.4 Å². The molecule has 108 valence electrons. The molecule has 0 aromatic carbocycles. The minimum absolute atomic E-state index is 0.0842. The molecule has 0 radical (unpaired) electrons. The Morgan fingerprint density at radius 3 is 3.10 bits per heavy atom. The van der Waals surface area contributed by atoms with Crippen molar-refractivity contribution < 1.29 is 4.74 Å². The Balaban J connectivity index is 2.26. The zero-order valence-corrected chi connectivity index (χ0v) is 12.1. The second-order valence-corrected chi connectivity index (χ2v) is 4.47. The van der Waals surface area contributed by atoms with Gasteiger partial charge in [0.05, 0.1) is 18.3 Å². The van der Waals surface area contributed by atoms with Gasteiger partial charge in [-0.05, 0) is 6.07 Å². The van der Waals surface area contributed by atoms with E-state index in [1.807, 2.05) is 6.07 Å². The van der Waals surface area contributed by atoms with Crippen molar-refractivity contribution in [2.24, 2.45) is 0 Å². The first-order valence-electron chi connectivity index (χ1n) is 6.08. The molecule has 0 aliphatic carbocycles. The fourth-order valence-electron chi connectivity index (χ4n) is 1.75. The van der Waals surface area contributed by atoms with Crippen molar-refractivity contribution in [3.63, 3.8) is 0 Å². The SMILES string of the molecule is C#CCn1ncc(Cl)c(NCc2cccnc2OC)c1=O. The lowest BCUT2D eigenvalue weighted by atomic mass is 10.2. The highest BCUT2D eigenvalue weighted by molar-refractivity contribution is 6.32. The standard InChI is InChI=1S/C14H13ClN4O2/c1-3-7-19-14(20)12(11(15)9-18-19)17-8-10-5-4-6-16-13(10)21-2/h1,4-6,9,17H,7-8H2,2H3. The van der Waals surface area contributed by atoms with Crippen LogP contribution in [-0.2, 0) is 13.1 Å². The maximum Gasteiger partial charge on any atom is 0.292 e. The van der Waals surface area contributed by atoms with Crippen molar-refractivity contribution in [2.45, 2.75) is 13.1 Å². The highest BCUT2D eigenvalue weighted by Crippen LogP contribution is 2.19. The first-order chi connectivity index (χ1) is 10.2. The van der Waals surface area contributed by atoms with Gasteiger partial charge in [-0.2, -0.15) is 5.10 Å². The van der Waals surface area contributed by atoms with Gasteiger partial charge in [0.25, 0.3) is 5.56 Å². The zero-order chi connectivity index (χ0) is 15.2. The molecule has 0 fully saturated rings. The second kappa shape index (κ2) is 6.77. The van der Waals surface area contributed by atoms with Gasteiger partial charge in [-0.25, -0.2) is 9.67 Å². The zero-order valence-electron chi connectivity index (χ0n) is 11.3. The summed E-state index contributed by atoms with van der Waals surface area (Å²) in [7, 11) is 1.53. The van der Waals surface area contributed by atoms with Gasteiger partial charge in [0.1, 0.15) is 12.2 Å². The molecule has 1 N–H and O–H groups in total. The van der Waals surface area contributed by atoms with Crippen molar-refractivity contribution in [1.82, 2.24) is 14.8 Å². The summed E-state index contributed by atoms with van der Waals surface area (Å²) < 4.78 is 6.31. The number of ether oxygens (including phenoxy) is 1.